The lowest BCUT2D eigenvalue weighted by Gasteiger charge is -2.38. The average Bonchev–Trinajstić information content (AvgIpc) is 2.47. The van der Waals surface area contributed by atoms with E-state index in [1.807, 2.05) is 0 Å². The third-order valence-electron chi connectivity index (χ3n) is 5.33. The van der Waals surface area contributed by atoms with Gasteiger partial charge < -0.3 is 5.32 Å². The number of anilines is 1. The normalized spacial score (nSPS) is 20.9. The quantitative estimate of drug-likeness (QED) is 0.872. The average molecular weight is 286 g/mol. The lowest BCUT2D eigenvalue weighted by molar-refractivity contribution is 0.108. The number of fused-ring (bicyclic) bond motifs is 1. The molecule has 2 heteroatoms. The van der Waals surface area contributed by atoms with E-state index in [2.05, 4.69) is 49.2 Å². The summed E-state index contributed by atoms with van der Waals surface area (Å²) in [5.74, 6) is 0.890. The lowest BCUT2D eigenvalue weighted by atomic mass is 9.75. The van der Waals surface area contributed by atoms with E-state index in [0.29, 0.717) is 5.41 Å². The molecule has 2 aliphatic rings. The number of hydrogen-bond acceptors (Lipinski definition) is 2. The third kappa shape index (κ3) is 3.60. The first-order valence-electron chi connectivity index (χ1n) is 8.60. The van der Waals surface area contributed by atoms with Crippen LogP contribution in [0.3, 0.4) is 0 Å². The Hall–Kier alpha value is -1.02. The van der Waals surface area contributed by atoms with Crippen molar-refractivity contribution in [3.8, 4) is 0 Å². The molecule has 21 heavy (non-hydrogen) atoms. The first-order chi connectivity index (χ1) is 10.0. The first-order valence-corrected chi connectivity index (χ1v) is 8.60. The molecule has 1 aromatic carbocycles. The maximum Gasteiger partial charge on any atom is 0.0372 e. The van der Waals surface area contributed by atoms with E-state index in [1.165, 1.54) is 55.6 Å². The van der Waals surface area contributed by atoms with Crippen molar-refractivity contribution in [2.45, 2.75) is 53.0 Å². The van der Waals surface area contributed by atoms with Gasteiger partial charge in [-0.15, -0.1) is 0 Å². The molecule has 116 valence electrons. The Labute approximate surface area is 129 Å². The monoisotopic (exact) mass is 286 g/mol. The van der Waals surface area contributed by atoms with Crippen molar-refractivity contribution in [1.82, 2.24) is 4.90 Å². The van der Waals surface area contributed by atoms with Crippen molar-refractivity contribution < 1.29 is 0 Å². The van der Waals surface area contributed by atoms with Gasteiger partial charge in [0.1, 0.15) is 0 Å². The molecule has 0 aromatic heterocycles. The fraction of sp³-hybridized carbons (Fsp3) is 0.684. The van der Waals surface area contributed by atoms with Crippen LogP contribution in [0.1, 0.15) is 51.2 Å². The highest BCUT2D eigenvalue weighted by molar-refractivity contribution is 5.54. The number of piperidine rings is 1. The highest BCUT2D eigenvalue weighted by Crippen LogP contribution is 2.34. The SMILES string of the molecule is CC(C)(C)C1CCN(Cc2ccc3c(c2)CCCN3)CC1. The molecule has 2 heterocycles. The highest BCUT2D eigenvalue weighted by atomic mass is 15.1. The molecule has 0 unspecified atom stereocenters. The molecular formula is C19H30N2. The maximum absolute atomic E-state index is 3.50. The zero-order valence-electron chi connectivity index (χ0n) is 13.9. The largest absolute Gasteiger partial charge is 0.385 e. The van der Waals surface area contributed by atoms with Gasteiger partial charge in [0.05, 0.1) is 0 Å². The van der Waals surface area contributed by atoms with Crippen LogP contribution in [0, 0.1) is 11.3 Å². The van der Waals surface area contributed by atoms with E-state index < -0.39 is 0 Å². The Morgan fingerprint density at radius 2 is 1.95 bits per heavy atom. The molecule has 0 aliphatic carbocycles. The fourth-order valence-electron chi connectivity index (χ4n) is 3.84. The van der Waals surface area contributed by atoms with Gasteiger partial charge in [0.2, 0.25) is 0 Å². The molecular weight excluding hydrogens is 256 g/mol. The summed E-state index contributed by atoms with van der Waals surface area (Å²) in [6, 6.07) is 7.02. The Balaban J connectivity index is 1.58. The summed E-state index contributed by atoms with van der Waals surface area (Å²) in [6.45, 7) is 12.0. The summed E-state index contributed by atoms with van der Waals surface area (Å²) in [4.78, 5) is 2.64. The molecule has 0 amide bonds. The summed E-state index contributed by atoms with van der Waals surface area (Å²) >= 11 is 0. The molecule has 1 saturated heterocycles. The molecule has 3 rings (SSSR count). The second-order valence-electron chi connectivity index (χ2n) is 7.94. The van der Waals surface area contributed by atoms with E-state index in [1.54, 1.807) is 0 Å². The van der Waals surface area contributed by atoms with Gasteiger partial charge in [-0.25, -0.2) is 0 Å². The molecule has 0 radical (unpaired) electrons. The van der Waals surface area contributed by atoms with Gasteiger partial charge in [-0.2, -0.15) is 0 Å². The minimum Gasteiger partial charge on any atom is -0.385 e. The summed E-state index contributed by atoms with van der Waals surface area (Å²) in [7, 11) is 0. The second kappa shape index (κ2) is 6.00. The van der Waals surface area contributed by atoms with Crippen molar-refractivity contribution in [3.05, 3.63) is 29.3 Å². The number of likely N-dealkylation sites (tertiary alicyclic amines) is 1. The number of rotatable bonds is 2. The van der Waals surface area contributed by atoms with E-state index in [0.717, 1.165) is 19.0 Å². The van der Waals surface area contributed by atoms with Crippen LogP contribution in [0.5, 0.6) is 0 Å². The smallest absolute Gasteiger partial charge is 0.0372 e. The van der Waals surface area contributed by atoms with Gasteiger partial charge in [0, 0.05) is 18.8 Å². The number of benzene rings is 1. The summed E-state index contributed by atoms with van der Waals surface area (Å²) < 4.78 is 0. The van der Waals surface area contributed by atoms with Crippen LogP contribution < -0.4 is 5.32 Å². The van der Waals surface area contributed by atoms with Crippen LogP contribution in [0.25, 0.3) is 0 Å². The van der Waals surface area contributed by atoms with Crippen molar-refractivity contribution in [1.29, 1.82) is 0 Å². The third-order valence-corrected chi connectivity index (χ3v) is 5.33. The predicted molar refractivity (Wildman–Crippen MR) is 90.7 cm³/mol. The molecule has 0 bridgehead atoms. The van der Waals surface area contributed by atoms with Crippen molar-refractivity contribution >= 4 is 5.69 Å². The Kier molecular flexibility index (Phi) is 4.26. The van der Waals surface area contributed by atoms with Crippen molar-refractivity contribution in [3.63, 3.8) is 0 Å². The Morgan fingerprint density at radius 1 is 1.19 bits per heavy atom. The predicted octanol–water partition coefficient (Wildman–Crippen LogP) is 4.30. The first kappa shape index (κ1) is 14.9. The van der Waals surface area contributed by atoms with Crippen molar-refractivity contribution in [2.24, 2.45) is 11.3 Å². The van der Waals surface area contributed by atoms with Gasteiger partial charge in [0.25, 0.3) is 0 Å². The maximum atomic E-state index is 3.50. The zero-order chi connectivity index (χ0) is 14.9. The van der Waals surface area contributed by atoms with E-state index in [4.69, 9.17) is 0 Å². The van der Waals surface area contributed by atoms with Crippen LogP contribution in [0.4, 0.5) is 5.69 Å². The summed E-state index contributed by atoms with van der Waals surface area (Å²) in [6.07, 6.45) is 5.22. The fourth-order valence-corrected chi connectivity index (χ4v) is 3.84. The molecule has 2 aliphatic heterocycles. The molecule has 0 spiro atoms. The Morgan fingerprint density at radius 3 is 2.67 bits per heavy atom. The molecule has 0 atom stereocenters. The minimum atomic E-state index is 0.476. The summed E-state index contributed by atoms with van der Waals surface area (Å²) in [5, 5.41) is 3.50. The van der Waals surface area contributed by atoms with E-state index in [9.17, 15) is 0 Å². The number of nitrogens with one attached hydrogen (secondary N) is 1. The zero-order valence-corrected chi connectivity index (χ0v) is 13.9. The van der Waals surface area contributed by atoms with E-state index in [-0.39, 0.29) is 0 Å². The molecule has 1 N–H and O–H groups in total. The van der Waals surface area contributed by atoms with Crippen LogP contribution in [-0.4, -0.2) is 24.5 Å². The van der Waals surface area contributed by atoms with Gasteiger partial charge in [-0.3, -0.25) is 4.90 Å². The highest BCUT2D eigenvalue weighted by Gasteiger charge is 2.28. The molecule has 1 fully saturated rings. The summed E-state index contributed by atoms with van der Waals surface area (Å²) in [5.41, 5.74) is 4.84. The van der Waals surface area contributed by atoms with Crippen LogP contribution in [0.2, 0.25) is 0 Å². The molecule has 1 aromatic rings. The van der Waals surface area contributed by atoms with Crippen LogP contribution >= 0.6 is 0 Å². The Bertz CT molecular complexity index is 479. The van der Waals surface area contributed by atoms with E-state index >= 15 is 0 Å². The number of nitrogens with zero attached hydrogens (tertiary/aromatic N) is 1. The van der Waals surface area contributed by atoms with Crippen LogP contribution in [-0.2, 0) is 13.0 Å². The van der Waals surface area contributed by atoms with Crippen molar-refractivity contribution in [2.75, 3.05) is 25.0 Å². The number of aryl methyl sites for hydroxylation is 1. The van der Waals surface area contributed by atoms with Crippen LogP contribution in [0.15, 0.2) is 18.2 Å². The second-order valence-corrected chi connectivity index (χ2v) is 7.94. The van der Waals surface area contributed by atoms with Gasteiger partial charge >= 0.3 is 0 Å². The minimum absolute atomic E-state index is 0.476. The lowest BCUT2D eigenvalue weighted by Crippen LogP contribution is -2.37. The van der Waals surface area contributed by atoms with Gasteiger partial charge in [-0.05, 0) is 67.3 Å². The van der Waals surface area contributed by atoms with Gasteiger partial charge in [-0.1, -0.05) is 32.9 Å². The molecule has 0 saturated carbocycles. The van der Waals surface area contributed by atoms with Gasteiger partial charge in [0.15, 0.2) is 0 Å². The number of hydrogen-bond donors (Lipinski definition) is 1. The topological polar surface area (TPSA) is 15.3 Å². The standard InChI is InChI=1S/C19H30N2/c1-19(2,3)17-8-11-21(12-9-17)14-15-6-7-18-16(13-15)5-4-10-20-18/h6-7,13,17,20H,4-5,8-12,14H2,1-3H3. The molecule has 2 nitrogen and oxygen atoms in total.